The number of rotatable bonds is 4. The van der Waals surface area contributed by atoms with Gasteiger partial charge < -0.3 is 10.5 Å². The van der Waals surface area contributed by atoms with Crippen molar-refractivity contribution in [2.75, 3.05) is 5.73 Å². The predicted molar refractivity (Wildman–Crippen MR) is 85.8 cm³/mol. The van der Waals surface area contributed by atoms with E-state index in [0.29, 0.717) is 23.4 Å². The Kier molecular flexibility index (Phi) is 3.62. The number of nitrogen functional groups attached to an aromatic ring is 1. The summed E-state index contributed by atoms with van der Waals surface area (Å²) in [7, 11) is 0. The molecule has 0 aliphatic carbocycles. The molecule has 0 heterocycles. The minimum atomic E-state index is -0.385. The molecule has 2 N–H and O–H groups in total. The average molecular weight is 294 g/mol. The first-order chi connectivity index (χ1) is 10.6. The van der Waals surface area contributed by atoms with Gasteiger partial charge in [0.1, 0.15) is 12.4 Å². The van der Waals surface area contributed by atoms with Crippen LogP contribution in [0, 0.1) is 10.1 Å². The van der Waals surface area contributed by atoms with Crippen molar-refractivity contribution in [1.82, 2.24) is 0 Å². The molecule has 110 valence electrons. The van der Waals surface area contributed by atoms with Crippen LogP contribution < -0.4 is 10.5 Å². The maximum atomic E-state index is 11.1. The maximum Gasteiger partial charge on any atom is 0.277 e. The summed E-state index contributed by atoms with van der Waals surface area (Å²) in [5.74, 6) is 0.614. The second kappa shape index (κ2) is 5.73. The van der Waals surface area contributed by atoms with E-state index in [2.05, 4.69) is 0 Å². The minimum Gasteiger partial charge on any atom is -0.488 e. The van der Waals surface area contributed by atoms with Gasteiger partial charge in [-0.2, -0.15) is 0 Å². The molecule has 3 aromatic rings. The SMILES string of the molecule is Nc1cccc(COc2ccc([N+](=O)[O-])c3ccccc23)c1. The third-order valence-corrected chi connectivity index (χ3v) is 3.40. The lowest BCUT2D eigenvalue weighted by atomic mass is 10.1. The Labute approximate surface area is 127 Å². The van der Waals surface area contributed by atoms with E-state index in [1.807, 2.05) is 36.4 Å². The zero-order valence-corrected chi connectivity index (χ0v) is 11.7. The molecule has 0 radical (unpaired) electrons. The molecular formula is C17H14N2O3. The van der Waals surface area contributed by atoms with Crippen molar-refractivity contribution < 1.29 is 9.66 Å². The fourth-order valence-corrected chi connectivity index (χ4v) is 2.38. The van der Waals surface area contributed by atoms with Crippen molar-refractivity contribution in [3.63, 3.8) is 0 Å². The molecule has 0 spiro atoms. The van der Waals surface area contributed by atoms with E-state index in [4.69, 9.17) is 10.5 Å². The summed E-state index contributed by atoms with van der Waals surface area (Å²) < 4.78 is 5.82. The first-order valence-corrected chi connectivity index (χ1v) is 6.78. The largest absolute Gasteiger partial charge is 0.488 e. The van der Waals surface area contributed by atoms with E-state index in [9.17, 15) is 10.1 Å². The maximum absolute atomic E-state index is 11.1. The molecule has 0 bridgehead atoms. The van der Waals surface area contributed by atoms with Crippen LogP contribution in [0.3, 0.4) is 0 Å². The van der Waals surface area contributed by atoms with Crippen LogP contribution in [-0.4, -0.2) is 4.92 Å². The Morgan fingerprint density at radius 3 is 2.50 bits per heavy atom. The van der Waals surface area contributed by atoms with Crippen molar-refractivity contribution >= 4 is 22.1 Å². The molecule has 0 unspecified atom stereocenters. The van der Waals surface area contributed by atoms with Crippen molar-refractivity contribution in [1.29, 1.82) is 0 Å². The lowest BCUT2D eigenvalue weighted by Gasteiger charge is -2.10. The van der Waals surface area contributed by atoms with E-state index in [0.717, 1.165) is 10.9 Å². The topological polar surface area (TPSA) is 78.4 Å². The van der Waals surface area contributed by atoms with E-state index in [-0.39, 0.29) is 10.6 Å². The fourth-order valence-electron chi connectivity index (χ4n) is 2.38. The van der Waals surface area contributed by atoms with E-state index >= 15 is 0 Å². The number of anilines is 1. The molecule has 0 aromatic heterocycles. The molecule has 0 fully saturated rings. The Balaban J connectivity index is 1.95. The third-order valence-electron chi connectivity index (χ3n) is 3.40. The lowest BCUT2D eigenvalue weighted by Crippen LogP contribution is -1.98. The van der Waals surface area contributed by atoms with Crippen LogP contribution in [-0.2, 0) is 6.61 Å². The highest BCUT2D eigenvalue weighted by Crippen LogP contribution is 2.33. The van der Waals surface area contributed by atoms with Gasteiger partial charge in [-0.3, -0.25) is 10.1 Å². The summed E-state index contributed by atoms with van der Waals surface area (Å²) >= 11 is 0. The van der Waals surface area contributed by atoms with Gasteiger partial charge in [0.2, 0.25) is 0 Å². The average Bonchev–Trinajstić information content (AvgIpc) is 2.52. The Morgan fingerprint density at radius 2 is 1.77 bits per heavy atom. The van der Waals surface area contributed by atoms with Crippen LogP contribution in [0.25, 0.3) is 10.8 Å². The summed E-state index contributed by atoms with van der Waals surface area (Å²) in [6.45, 7) is 0.354. The van der Waals surface area contributed by atoms with Crippen molar-refractivity contribution in [3.8, 4) is 5.75 Å². The third kappa shape index (κ3) is 2.69. The Bertz CT molecular complexity index is 846. The number of hydrogen-bond donors (Lipinski definition) is 1. The van der Waals surface area contributed by atoms with Crippen LogP contribution in [0.4, 0.5) is 11.4 Å². The van der Waals surface area contributed by atoms with Gasteiger partial charge in [-0.15, -0.1) is 0 Å². The van der Waals surface area contributed by atoms with Gasteiger partial charge in [0, 0.05) is 17.1 Å². The van der Waals surface area contributed by atoms with E-state index < -0.39 is 0 Å². The Morgan fingerprint density at radius 1 is 1.00 bits per heavy atom. The molecule has 3 aromatic carbocycles. The molecule has 0 saturated heterocycles. The van der Waals surface area contributed by atoms with Gasteiger partial charge in [-0.05, 0) is 29.8 Å². The van der Waals surface area contributed by atoms with Gasteiger partial charge in [-0.25, -0.2) is 0 Å². The second-order valence-corrected chi connectivity index (χ2v) is 4.92. The van der Waals surface area contributed by atoms with E-state index in [1.165, 1.54) is 6.07 Å². The number of non-ortho nitro benzene ring substituents is 1. The molecule has 5 heteroatoms. The molecule has 3 rings (SSSR count). The number of benzene rings is 3. The fraction of sp³-hybridized carbons (Fsp3) is 0.0588. The van der Waals surface area contributed by atoms with E-state index in [1.54, 1.807) is 18.2 Å². The molecule has 0 aliphatic rings. The van der Waals surface area contributed by atoms with Crippen LogP contribution in [0.2, 0.25) is 0 Å². The highest BCUT2D eigenvalue weighted by atomic mass is 16.6. The van der Waals surface area contributed by atoms with Gasteiger partial charge in [0.05, 0.1) is 10.3 Å². The summed E-state index contributed by atoms with van der Waals surface area (Å²) in [4.78, 5) is 10.7. The number of ether oxygens (including phenoxy) is 1. The van der Waals surface area contributed by atoms with Crippen LogP contribution in [0.15, 0.2) is 60.7 Å². The molecule has 0 aliphatic heterocycles. The minimum absolute atomic E-state index is 0.0758. The number of nitro groups is 1. The summed E-state index contributed by atoms with van der Waals surface area (Å²) in [6.07, 6.45) is 0. The number of nitro benzene ring substituents is 1. The molecule has 0 amide bonds. The highest BCUT2D eigenvalue weighted by molar-refractivity contribution is 5.95. The van der Waals surface area contributed by atoms with Crippen LogP contribution in [0.5, 0.6) is 5.75 Å². The van der Waals surface area contributed by atoms with Crippen LogP contribution >= 0.6 is 0 Å². The second-order valence-electron chi connectivity index (χ2n) is 4.92. The summed E-state index contributed by atoms with van der Waals surface area (Å²) in [5.41, 5.74) is 7.44. The standard InChI is InChI=1S/C17H14N2O3/c18-13-5-3-4-12(10-13)11-22-17-9-8-16(19(20)21)14-6-1-2-7-15(14)17/h1-10H,11,18H2. The lowest BCUT2D eigenvalue weighted by molar-refractivity contribution is -0.383. The molecule has 5 nitrogen and oxygen atoms in total. The van der Waals surface area contributed by atoms with Gasteiger partial charge >= 0.3 is 0 Å². The number of nitrogens with two attached hydrogens (primary N) is 1. The van der Waals surface area contributed by atoms with Crippen molar-refractivity contribution in [2.24, 2.45) is 0 Å². The normalized spacial score (nSPS) is 10.5. The molecular weight excluding hydrogens is 280 g/mol. The van der Waals surface area contributed by atoms with Crippen LogP contribution in [0.1, 0.15) is 5.56 Å². The van der Waals surface area contributed by atoms with Gasteiger partial charge in [0.15, 0.2) is 0 Å². The highest BCUT2D eigenvalue weighted by Gasteiger charge is 2.14. The zero-order chi connectivity index (χ0) is 15.5. The monoisotopic (exact) mass is 294 g/mol. The molecule has 0 atom stereocenters. The van der Waals surface area contributed by atoms with Gasteiger partial charge in [-0.1, -0.05) is 30.3 Å². The van der Waals surface area contributed by atoms with Crippen molar-refractivity contribution in [2.45, 2.75) is 6.61 Å². The molecule has 22 heavy (non-hydrogen) atoms. The van der Waals surface area contributed by atoms with Gasteiger partial charge in [0.25, 0.3) is 5.69 Å². The number of hydrogen-bond acceptors (Lipinski definition) is 4. The number of fused-ring (bicyclic) bond motifs is 1. The summed E-state index contributed by atoms with van der Waals surface area (Å²) in [5, 5.41) is 12.4. The Hall–Kier alpha value is -3.08. The first-order valence-electron chi connectivity index (χ1n) is 6.78. The molecule has 0 saturated carbocycles. The smallest absolute Gasteiger partial charge is 0.277 e. The zero-order valence-electron chi connectivity index (χ0n) is 11.7. The quantitative estimate of drug-likeness (QED) is 0.449. The summed E-state index contributed by atoms with van der Waals surface area (Å²) in [6, 6.07) is 17.7. The predicted octanol–water partition coefficient (Wildman–Crippen LogP) is 3.91. The number of nitrogens with zero attached hydrogens (tertiary/aromatic N) is 1. The van der Waals surface area contributed by atoms with Crippen molar-refractivity contribution in [3.05, 3.63) is 76.3 Å². The first kappa shape index (κ1) is 13.9.